The second kappa shape index (κ2) is 6.95. The lowest BCUT2D eigenvalue weighted by Gasteiger charge is -2.29. The molecule has 0 atom stereocenters. The van der Waals surface area contributed by atoms with Crippen LogP contribution in [0.2, 0.25) is 0 Å². The lowest BCUT2D eigenvalue weighted by molar-refractivity contribution is 0.0931. The maximum atomic E-state index is 12.3. The fourth-order valence-corrected chi connectivity index (χ4v) is 2.55. The van der Waals surface area contributed by atoms with Crippen LogP contribution in [0, 0.1) is 19.3 Å². The number of hydrogen-bond acceptors (Lipinski definition) is 1. The van der Waals surface area contributed by atoms with Gasteiger partial charge in [0.2, 0.25) is 0 Å². The van der Waals surface area contributed by atoms with Crippen molar-refractivity contribution >= 4 is 17.5 Å². The number of carbonyl (C=O) groups is 1. The maximum absolute atomic E-state index is 12.3. The summed E-state index contributed by atoms with van der Waals surface area (Å²) in [6.07, 6.45) is 1.94. The van der Waals surface area contributed by atoms with Gasteiger partial charge in [-0.25, -0.2) is 0 Å². The van der Waals surface area contributed by atoms with Crippen LogP contribution in [0.1, 0.15) is 48.2 Å². The van der Waals surface area contributed by atoms with Gasteiger partial charge in [0.1, 0.15) is 0 Å². The average molecular weight is 282 g/mol. The van der Waals surface area contributed by atoms with E-state index < -0.39 is 0 Å². The summed E-state index contributed by atoms with van der Waals surface area (Å²) in [4.78, 5) is 12.3. The van der Waals surface area contributed by atoms with E-state index in [9.17, 15) is 4.79 Å². The topological polar surface area (TPSA) is 29.1 Å². The minimum absolute atomic E-state index is 0.00223. The molecule has 1 rings (SSSR count). The molecule has 0 spiro atoms. The van der Waals surface area contributed by atoms with Gasteiger partial charge in [0.15, 0.2) is 0 Å². The fourth-order valence-electron chi connectivity index (χ4n) is 2.08. The zero-order valence-electron chi connectivity index (χ0n) is 12.3. The Balaban J connectivity index is 2.77. The third-order valence-corrected chi connectivity index (χ3v) is 4.61. The van der Waals surface area contributed by atoms with Gasteiger partial charge in [-0.3, -0.25) is 4.79 Å². The van der Waals surface area contributed by atoms with Crippen LogP contribution in [-0.2, 0) is 0 Å². The smallest absolute Gasteiger partial charge is 0.251 e. The van der Waals surface area contributed by atoms with Crippen molar-refractivity contribution in [3.8, 4) is 0 Å². The molecule has 0 fully saturated rings. The Kier molecular flexibility index (Phi) is 5.86. The lowest BCUT2D eigenvalue weighted by atomic mass is 9.84. The van der Waals surface area contributed by atoms with E-state index in [4.69, 9.17) is 11.6 Å². The summed E-state index contributed by atoms with van der Waals surface area (Å²) < 4.78 is 0. The van der Waals surface area contributed by atoms with Crippen molar-refractivity contribution in [1.29, 1.82) is 0 Å². The van der Waals surface area contributed by atoms with Crippen LogP contribution in [0.5, 0.6) is 0 Å². The molecule has 0 heterocycles. The van der Waals surface area contributed by atoms with Crippen LogP contribution in [0.25, 0.3) is 0 Å². The van der Waals surface area contributed by atoms with Crippen molar-refractivity contribution in [2.24, 2.45) is 5.41 Å². The monoisotopic (exact) mass is 281 g/mol. The van der Waals surface area contributed by atoms with E-state index in [-0.39, 0.29) is 11.3 Å². The first-order chi connectivity index (χ1) is 8.98. The molecule has 1 aromatic carbocycles. The molecule has 0 bridgehead atoms. The number of hydrogen-bond donors (Lipinski definition) is 1. The quantitative estimate of drug-likeness (QED) is 0.782. The third-order valence-electron chi connectivity index (χ3n) is 4.05. The first kappa shape index (κ1) is 16.0. The molecule has 0 saturated carbocycles. The summed E-state index contributed by atoms with van der Waals surface area (Å²) >= 11 is 6.06. The summed E-state index contributed by atoms with van der Waals surface area (Å²) in [7, 11) is 0. The Morgan fingerprint density at radius 1 is 1.26 bits per heavy atom. The average Bonchev–Trinajstić information content (AvgIpc) is 2.43. The van der Waals surface area contributed by atoms with Crippen LogP contribution >= 0.6 is 11.6 Å². The lowest BCUT2D eigenvalue weighted by Crippen LogP contribution is -2.38. The molecule has 19 heavy (non-hydrogen) atoms. The molecule has 3 heteroatoms. The molecule has 1 aromatic rings. The molecule has 106 valence electrons. The number of alkyl halides is 1. The predicted octanol–water partition coefficient (Wildman–Crippen LogP) is 4.08. The Morgan fingerprint density at radius 2 is 1.89 bits per heavy atom. The number of nitrogens with one attached hydrogen (secondary N) is 1. The van der Waals surface area contributed by atoms with Crippen molar-refractivity contribution in [2.45, 2.75) is 40.5 Å². The first-order valence-corrected chi connectivity index (χ1v) is 7.43. The molecule has 2 nitrogen and oxygen atoms in total. The van der Waals surface area contributed by atoms with E-state index in [1.54, 1.807) is 0 Å². The van der Waals surface area contributed by atoms with Gasteiger partial charge in [0.05, 0.1) is 0 Å². The highest BCUT2D eigenvalue weighted by Crippen LogP contribution is 2.27. The highest BCUT2D eigenvalue weighted by molar-refractivity contribution is 6.18. The fraction of sp³-hybridized carbons (Fsp3) is 0.562. The van der Waals surface area contributed by atoms with E-state index >= 15 is 0 Å². The standard InChI is InChI=1S/C16H24ClNO/c1-5-16(6-2,10-17)11-18-15(19)14-9-12(3)7-8-13(14)4/h7-9H,5-6,10-11H2,1-4H3,(H,18,19). The van der Waals surface area contributed by atoms with Gasteiger partial charge in [-0.05, 0) is 38.3 Å². The van der Waals surface area contributed by atoms with Gasteiger partial charge in [0.25, 0.3) is 5.91 Å². The van der Waals surface area contributed by atoms with Crippen molar-refractivity contribution in [2.75, 3.05) is 12.4 Å². The largest absolute Gasteiger partial charge is 0.351 e. The Hall–Kier alpha value is -1.02. The molecule has 0 aromatic heterocycles. The van der Waals surface area contributed by atoms with Gasteiger partial charge < -0.3 is 5.32 Å². The summed E-state index contributed by atoms with van der Waals surface area (Å²) in [5.41, 5.74) is 2.88. The van der Waals surface area contributed by atoms with E-state index in [2.05, 4.69) is 19.2 Å². The number of carbonyl (C=O) groups excluding carboxylic acids is 1. The van der Waals surface area contributed by atoms with E-state index in [1.807, 2.05) is 32.0 Å². The summed E-state index contributed by atoms with van der Waals surface area (Å²) in [5, 5.41) is 3.04. The van der Waals surface area contributed by atoms with Crippen molar-refractivity contribution in [1.82, 2.24) is 5.32 Å². The molecular formula is C16H24ClNO. The molecule has 1 N–H and O–H groups in total. The highest BCUT2D eigenvalue weighted by atomic mass is 35.5. The molecule has 0 aliphatic heterocycles. The van der Waals surface area contributed by atoms with E-state index in [0.717, 1.165) is 29.5 Å². The molecular weight excluding hydrogens is 258 g/mol. The van der Waals surface area contributed by atoms with Crippen LogP contribution in [0.15, 0.2) is 18.2 Å². The van der Waals surface area contributed by atoms with Gasteiger partial charge in [-0.15, -0.1) is 11.6 Å². The predicted molar refractivity (Wildman–Crippen MR) is 82.0 cm³/mol. The zero-order chi connectivity index (χ0) is 14.5. The summed E-state index contributed by atoms with van der Waals surface area (Å²) in [6.45, 7) is 8.84. The molecule has 0 saturated heterocycles. The SMILES string of the molecule is CCC(CC)(CCl)CNC(=O)c1cc(C)ccc1C. The molecule has 0 aliphatic rings. The zero-order valence-corrected chi connectivity index (χ0v) is 13.1. The molecule has 0 aliphatic carbocycles. The second-order valence-electron chi connectivity index (χ2n) is 5.34. The van der Waals surface area contributed by atoms with Crippen molar-refractivity contribution < 1.29 is 4.79 Å². The maximum Gasteiger partial charge on any atom is 0.251 e. The van der Waals surface area contributed by atoms with Crippen LogP contribution < -0.4 is 5.32 Å². The minimum atomic E-state index is -0.00223. The third kappa shape index (κ3) is 3.97. The van der Waals surface area contributed by atoms with Crippen molar-refractivity contribution in [3.63, 3.8) is 0 Å². The number of aryl methyl sites for hydroxylation is 2. The molecule has 0 radical (unpaired) electrons. The highest BCUT2D eigenvalue weighted by Gasteiger charge is 2.26. The van der Waals surface area contributed by atoms with E-state index in [0.29, 0.717) is 12.4 Å². The Bertz CT molecular complexity index is 430. The van der Waals surface area contributed by atoms with Gasteiger partial charge in [0, 0.05) is 23.4 Å². The summed E-state index contributed by atoms with van der Waals surface area (Å²) in [5.74, 6) is 0.574. The van der Waals surface area contributed by atoms with Gasteiger partial charge in [-0.2, -0.15) is 0 Å². The normalized spacial score (nSPS) is 11.4. The number of rotatable bonds is 6. The Morgan fingerprint density at radius 3 is 2.42 bits per heavy atom. The number of amides is 1. The molecule has 1 amide bonds. The first-order valence-electron chi connectivity index (χ1n) is 6.89. The van der Waals surface area contributed by atoms with E-state index in [1.165, 1.54) is 0 Å². The van der Waals surface area contributed by atoms with Crippen molar-refractivity contribution in [3.05, 3.63) is 34.9 Å². The molecule has 0 unspecified atom stereocenters. The minimum Gasteiger partial charge on any atom is -0.351 e. The second-order valence-corrected chi connectivity index (χ2v) is 5.61. The van der Waals surface area contributed by atoms with Crippen LogP contribution in [0.3, 0.4) is 0 Å². The Labute approximate surface area is 121 Å². The number of benzene rings is 1. The van der Waals surface area contributed by atoms with Crippen LogP contribution in [-0.4, -0.2) is 18.3 Å². The van der Waals surface area contributed by atoms with Gasteiger partial charge in [-0.1, -0.05) is 31.5 Å². The summed E-state index contributed by atoms with van der Waals surface area (Å²) in [6, 6.07) is 5.94. The number of halogens is 1. The van der Waals surface area contributed by atoms with Gasteiger partial charge >= 0.3 is 0 Å². The van der Waals surface area contributed by atoms with Crippen LogP contribution in [0.4, 0.5) is 0 Å².